The molecule has 1 aromatic carbocycles. The van der Waals surface area contributed by atoms with E-state index in [1.807, 2.05) is 0 Å². The molecule has 0 spiro atoms. The molecule has 1 N–H and O–H groups in total. The average Bonchev–Trinajstić information content (AvgIpc) is 2.82. The minimum atomic E-state index is 0.351. The number of thiophene rings is 1. The fraction of sp³-hybridized carbons (Fsp3) is 0.286. The van der Waals surface area contributed by atoms with Crippen molar-refractivity contribution in [3.8, 4) is 0 Å². The Bertz CT molecular complexity index is 467. The summed E-state index contributed by atoms with van der Waals surface area (Å²) in [5.74, 6) is 0. The van der Waals surface area contributed by atoms with E-state index in [-0.39, 0.29) is 0 Å². The van der Waals surface area contributed by atoms with Crippen LogP contribution in [0.3, 0.4) is 0 Å². The van der Waals surface area contributed by atoms with Gasteiger partial charge < -0.3 is 5.32 Å². The Kier molecular flexibility index (Phi) is 4.37. The Morgan fingerprint density at radius 1 is 1.12 bits per heavy atom. The summed E-state index contributed by atoms with van der Waals surface area (Å²) in [5, 5.41) is 5.74. The molecule has 0 fully saturated rings. The highest BCUT2D eigenvalue weighted by atomic mass is 79.9. The van der Waals surface area contributed by atoms with E-state index in [9.17, 15) is 0 Å². The average molecular weight is 310 g/mol. The smallest absolute Gasteiger partial charge is 0.0391 e. The van der Waals surface area contributed by atoms with Crippen LogP contribution in [0.2, 0.25) is 0 Å². The lowest BCUT2D eigenvalue weighted by Crippen LogP contribution is -2.21. The lowest BCUT2D eigenvalue weighted by atomic mass is 10.1. The van der Waals surface area contributed by atoms with E-state index in [0.29, 0.717) is 12.1 Å². The van der Waals surface area contributed by atoms with Crippen molar-refractivity contribution in [1.82, 2.24) is 5.32 Å². The molecule has 1 aromatic heterocycles. The molecule has 1 heterocycles. The van der Waals surface area contributed by atoms with Crippen molar-refractivity contribution in [2.45, 2.75) is 25.9 Å². The van der Waals surface area contributed by atoms with Gasteiger partial charge in [-0.15, -0.1) is 11.3 Å². The number of benzene rings is 1. The molecular weight excluding hydrogens is 294 g/mol. The van der Waals surface area contributed by atoms with Gasteiger partial charge in [-0.1, -0.05) is 34.1 Å². The van der Waals surface area contributed by atoms with Gasteiger partial charge in [-0.2, -0.15) is 0 Å². The van der Waals surface area contributed by atoms with E-state index >= 15 is 0 Å². The molecule has 17 heavy (non-hydrogen) atoms. The van der Waals surface area contributed by atoms with Crippen molar-refractivity contribution < 1.29 is 0 Å². The fourth-order valence-electron chi connectivity index (χ4n) is 1.87. The zero-order valence-electron chi connectivity index (χ0n) is 9.98. The van der Waals surface area contributed by atoms with Crippen LogP contribution >= 0.6 is 27.3 Å². The molecule has 0 saturated heterocycles. The van der Waals surface area contributed by atoms with Crippen molar-refractivity contribution in [2.75, 3.05) is 0 Å². The van der Waals surface area contributed by atoms with Gasteiger partial charge in [-0.25, -0.2) is 0 Å². The third kappa shape index (κ3) is 3.41. The lowest BCUT2D eigenvalue weighted by Gasteiger charge is -2.19. The van der Waals surface area contributed by atoms with Crippen molar-refractivity contribution >= 4 is 27.3 Å². The van der Waals surface area contributed by atoms with Crippen LogP contribution in [0.1, 0.15) is 36.4 Å². The zero-order chi connectivity index (χ0) is 12.3. The van der Waals surface area contributed by atoms with Gasteiger partial charge >= 0.3 is 0 Å². The minimum absolute atomic E-state index is 0.351. The number of hydrogen-bond donors (Lipinski definition) is 1. The second kappa shape index (κ2) is 5.80. The number of hydrogen-bond acceptors (Lipinski definition) is 2. The van der Waals surface area contributed by atoms with Crippen LogP contribution < -0.4 is 5.32 Å². The van der Waals surface area contributed by atoms with E-state index in [2.05, 4.69) is 76.9 Å². The summed E-state index contributed by atoms with van der Waals surface area (Å²) in [5.41, 5.74) is 1.31. The van der Waals surface area contributed by atoms with Crippen molar-refractivity contribution in [3.63, 3.8) is 0 Å². The second-order valence-corrected chi connectivity index (χ2v) is 6.08. The van der Waals surface area contributed by atoms with Gasteiger partial charge in [0.25, 0.3) is 0 Å². The first-order valence-electron chi connectivity index (χ1n) is 5.71. The van der Waals surface area contributed by atoms with E-state index < -0.39 is 0 Å². The van der Waals surface area contributed by atoms with Gasteiger partial charge in [0.15, 0.2) is 0 Å². The Labute approximate surface area is 115 Å². The molecule has 90 valence electrons. The predicted octanol–water partition coefficient (Wildman–Crippen LogP) is 4.92. The Hall–Kier alpha value is -0.640. The first kappa shape index (κ1) is 12.8. The zero-order valence-corrected chi connectivity index (χ0v) is 12.4. The molecule has 2 atom stereocenters. The molecule has 0 radical (unpaired) electrons. The predicted molar refractivity (Wildman–Crippen MR) is 78.4 cm³/mol. The van der Waals surface area contributed by atoms with Crippen LogP contribution in [0.15, 0.2) is 46.3 Å². The topological polar surface area (TPSA) is 12.0 Å². The number of nitrogens with one attached hydrogen (secondary N) is 1. The van der Waals surface area contributed by atoms with Crippen molar-refractivity contribution in [3.05, 3.63) is 56.7 Å². The van der Waals surface area contributed by atoms with Crippen molar-refractivity contribution in [1.29, 1.82) is 0 Å². The van der Waals surface area contributed by atoms with E-state index in [1.165, 1.54) is 10.4 Å². The van der Waals surface area contributed by atoms with Crippen LogP contribution in [0.25, 0.3) is 0 Å². The largest absolute Gasteiger partial charge is 0.303 e. The molecule has 0 aliphatic rings. The summed E-state index contributed by atoms with van der Waals surface area (Å²) < 4.78 is 1.13. The maximum Gasteiger partial charge on any atom is 0.0391 e. The normalized spacial score (nSPS) is 14.5. The van der Waals surface area contributed by atoms with Gasteiger partial charge in [-0.3, -0.25) is 0 Å². The van der Waals surface area contributed by atoms with E-state index in [4.69, 9.17) is 0 Å². The highest BCUT2D eigenvalue weighted by molar-refractivity contribution is 9.10. The quantitative estimate of drug-likeness (QED) is 0.845. The first-order chi connectivity index (χ1) is 8.16. The van der Waals surface area contributed by atoms with Crippen LogP contribution in [0.5, 0.6) is 0 Å². The van der Waals surface area contributed by atoms with Crippen molar-refractivity contribution in [2.24, 2.45) is 0 Å². The van der Waals surface area contributed by atoms with Gasteiger partial charge in [-0.05, 0) is 43.0 Å². The summed E-state index contributed by atoms with van der Waals surface area (Å²) in [6.07, 6.45) is 0. The molecule has 2 aromatic rings. The minimum Gasteiger partial charge on any atom is -0.303 e. The van der Waals surface area contributed by atoms with Crippen LogP contribution in [-0.4, -0.2) is 0 Å². The lowest BCUT2D eigenvalue weighted by molar-refractivity contribution is 0.500. The van der Waals surface area contributed by atoms with Crippen LogP contribution in [-0.2, 0) is 0 Å². The molecule has 0 unspecified atom stereocenters. The Balaban J connectivity index is 2.04. The SMILES string of the molecule is C[C@@H](N[C@H](C)c1cccs1)c1cccc(Br)c1. The molecule has 0 bridgehead atoms. The maximum absolute atomic E-state index is 3.62. The van der Waals surface area contributed by atoms with Gasteiger partial charge in [0, 0.05) is 21.4 Å². The molecular formula is C14H16BrNS. The van der Waals surface area contributed by atoms with Gasteiger partial charge in [0.05, 0.1) is 0 Å². The molecule has 1 nitrogen and oxygen atoms in total. The monoisotopic (exact) mass is 309 g/mol. The summed E-state index contributed by atoms with van der Waals surface area (Å²) in [6.45, 7) is 4.41. The first-order valence-corrected chi connectivity index (χ1v) is 7.39. The van der Waals surface area contributed by atoms with Crippen LogP contribution in [0.4, 0.5) is 0 Å². The van der Waals surface area contributed by atoms with E-state index in [0.717, 1.165) is 4.47 Å². The Morgan fingerprint density at radius 2 is 1.94 bits per heavy atom. The standard InChI is InChI=1S/C14H16BrNS/c1-10(12-5-3-6-13(15)9-12)16-11(2)14-7-4-8-17-14/h3-11,16H,1-2H3/t10-,11-/m1/s1. The molecule has 0 amide bonds. The third-order valence-corrected chi connectivity index (χ3v) is 4.37. The summed E-state index contributed by atoms with van der Waals surface area (Å²) in [6, 6.07) is 13.5. The second-order valence-electron chi connectivity index (χ2n) is 4.18. The van der Waals surface area contributed by atoms with Gasteiger partial charge in [0.1, 0.15) is 0 Å². The molecule has 0 aliphatic heterocycles. The van der Waals surface area contributed by atoms with Gasteiger partial charge in [0.2, 0.25) is 0 Å². The molecule has 2 rings (SSSR count). The Morgan fingerprint density at radius 3 is 2.59 bits per heavy atom. The third-order valence-electron chi connectivity index (χ3n) is 2.82. The molecule has 3 heteroatoms. The van der Waals surface area contributed by atoms with Crippen LogP contribution in [0, 0.1) is 0 Å². The number of rotatable bonds is 4. The maximum atomic E-state index is 3.62. The van der Waals surface area contributed by atoms with E-state index in [1.54, 1.807) is 11.3 Å². The summed E-state index contributed by atoms with van der Waals surface area (Å²) in [4.78, 5) is 1.38. The fourth-order valence-corrected chi connectivity index (χ4v) is 3.03. The summed E-state index contributed by atoms with van der Waals surface area (Å²) >= 11 is 5.31. The number of halogens is 1. The summed E-state index contributed by atoms with van der Waals surface area (Å²) in [7, 11) is 0. The molecule has 0 aliphatic carbocycles. The highest BCUT2D eigenvalue weighted by Gasteiger charge is 2.11. The molecule has 0 saturated carbocycles. The highest BCUT2D eigenvalue weighted by Crippen LogP contribution is 2.23.